The van der Waals surface area contributed by atoms with E-state index in [-0.39, 0.29) is 0 Å². The van der Waals surface area contributed by atoms with Gasteiger partial charge in [-0.15, -0.1) is 11.3 Å². The summed E-state index contributed by atoms with van der Waals surface area (Å²) in [5, 5.41) is 4.58. The number of anilines is 1. The van der Waals surface area contributed by atoms with Gasteiger partial charge in [0.15, 0.2) is 0 Å². The molecule has 0 unspecified atom stereocenters. The second-order valence-electron chi connectivity index (χ2n) is 4.19. The average molecular weight is 262 g/mol. The summed E-state index contributed by atoms with van der Waals surface area (Å²) in [5.41, 5.74) is 3.43. The van der Waals surface area contributed by atoms with Crippen LogP contribution in [0.3, 0.4) is 0 Å². The molecule has 0 aliphatic rings. The minimum Gasteiger partial charge on any atom is -0.380 e. The molecule has 96 valence electrons. The van der Waals surface area contributed by atoms with E-state index in [2.05, 4.69) is 29.4 Å². The highest BCUT2D eigenvalue weighted by atomic mass is 32.1. The summed E-state index contributed by atoms with van der Waals surface area (Å²) in [5.74, 6) is 0. The van der Waals surface area contributed by atoms with Gasteiger partial charge in [0.05, 0.1) is 23.9 Å². The van der Waals surface area contributed by atoms with Crippen LogP contribution < -0.4 is 5.32 Å². The number of aromatic nitrogens is 1. The molecule has 0 radical (unpaired) electrons. The van der Waals surface area contributed by atoms with Gasteiger partial charge >= 0.3 is 0 Å². The van der Waals surface area contributed by atoms with E-state index in [9.17, 15) is 0 Å². The van der Waals surface area contributed by atoms with Crippen molar-refractivity contribution in [2.24, 2.45) is 0 Å². The number of hydrogen-bond acceptors (Lipinski definition) is 4. The first kappa shape index (κ1) is 13.1. The largest absolute Gasteiger partial charge is 0.380 e. The molecular formula is C14H18N2OS. The van der Waals surface area contributed by atoms with Crippen molar-refractivity contribution in [2.45, 2.75) is 27.0 Å². The summed E-state index contributed by atoms with van der Waals surface area (Å²) >= 11 is 1.75. The summed E-state index contributed by atoms with van der Waals surface area (Å²) < 4.78 is 5.20. The predicted molar refractivity (Wildman–Crippen MR) is 76.1 cm³/mol. The van der Waals surface area contributed by atoms with Gasteiger partial charge in [0.25, 0.3) is 0 Å². The molecule has 0 amide bonds. The van der Waals surface area contributed by atoms with Crippen molar-refractivity contribution < 1.29 is 4.74 Å². The van der Waals surface area contributed by atoms with Crippen LogP contribution >= 0.6 is 11.3 Å². The van der Waals surface area contributed by atoms with Crippen molar-refractivity contribution in [3.05, 3.63) is 45.4 Å². The normalized spacial score (nSPS) is 10.6. The van der Waals surface area contributed by atoms with E-state index in [1.807, 2.05) is 19.1 Å². The van der Waals surface area contributed by atoms with E-state index >= 15 is 0 Å². The Bertz CT molecular complexity index is 522. The lowest BCUT2D eigenvalue weighted by Gasteiger charge is -2.10. The van der Waals surface area contributed by atoms with E-state index in [4.69, 9.17) is 4.74 Å². The third-order valence-electron chi connectivity index (χ3n) is 2.76. The molecule has 0 bridgehead atoms. The van der Waals surface area contributed by atoms with Crippen LogP contribution in [-0.4, -0.2) is 12.1 Å². The van der Waals surface area contributed by atoms with Gasteiger partial charge in [0.2, 0.25) is 0 Å². The third-order valence-corrected chi connectivity index (χ3v) is 3.83. The van der Waals surface area contributed by atoms with Gasteiger partial charge in [0, 0.05) is 23.2 Å². The molecule has 1 aromatic carbocycles. The zero-order chi connectivity index (χ0) is 13.0. The second kappa shape index (κ2) is 5.98. The second-order valence-corrected chi connectivity index (χ2v) is 5.47. The first-order valence-corrected chi connectivity index (χ1v) is 6.76. The number of aryl methyl sites for hydroxylation is 2. The van der Waals surface area contributed by atoms with Gasteiger partial charge in [-0.05, 0) is 19.9 Å². The van der Waals surface area contributed by atoms with E-state index in [0.29, 0.717) is 6.61 Å². The summed E-state index contributed by atoms with van der Waals surface area (Å²) in [7, 11) is 1.72. The van der Waals surface area contributed by atoms with Gasteiger partial charge in [0.1, 0.15) is 0 Å². The number of ether oxygens (including phenoxy) is 1. The SMILES string of the molecule is COCc1ccccc1NCc1sc(C)nc1C. The zero-order valence-corrected chi connectivity index (χ0v) is 11.8. The molecule has 0 atom stereocenters. The lowest BCUT2D eigenvalue weighted by Crippen LogP contribution is -2.02. The van der Waals surface area contributed by atoms with Crippen LogP contribution in [0.25, 0.3) is 0 Å². The summed E-state index contributed by atoms with van der Waals surface area (Å²) in [4.78, 5) is 5.73. The number of benzene rings is 1. The van der Waals surface area contributed by atoms with Crippen LogP contribution in [0, 0.1) is 13.8 Å². The smallest absolute Gasteiger partial charge is 0.0900 e. The molecule has 4 heteroatoms. The molecule has 3 nitrogen and oxygen atoms in total. The Morgan fingerprint density at radius 2 is 2.06 bits per heavy atom. The first-order valence-electron chi connectivity index (χ1n) is 5.94. The van der Waals surface area contributed by atoms with Crippen molar-refractivity contribution >= 4 is 17.0 Å². The summed E-state index contributed by atoms with van der Waals surface area (Å²) in [6, 6.07) is 8.22. The third kappa shape index (κ3) is 3.09. The Labute approximate surface area is 112 Å². The van der Waals surface area contributed by atoms with E-state index in [1.165, 1.54) is 10.4 Å². The summed E-state index contributed by atoms with van der Waals surface area (Å²) in [6.45, 7) is 5.55. The van der Waals surface area contributed by atoms with Gasteiger partial charge in [-0.2, -0.15) is 0 Å². The van der Waals surface area contributed by atoms with Crippen LogP contribution in [-0.2, 0) is 17.9 Å². The molecule has 2 rings (SSSR count). The van der Waals surface area contributed by atoms with Gasteiger partial charge < -0.3 is 10.1 Å². The van der Waals surface area contributed by atoms with Crippen molar-refractivity contribution in [3.8, 4) is 0 Å². The molecule has 1 N–H and O–H groups in total. The first-order chi connectivity index (χ1) is 8.70. The van der Waals surface area contributed by atoms with Crippen LogP contribution in [0.1, 0.15) is 21.1 Å². The fourth-order valence-corrected chi connectivity index (χ4v) is 2.76. The molecule has 0 fully saturated rings. The maximum absolute atomic E-state index is 5.20. The zero-order valence-electron chi connectivity index (χ0n) is 11.0. The number of para-hydroxylation sites is 1. The van der Waals surface area contributed by atoms with Gasteiger partial charge in [-0.25, -0.2) is 4.98 Å². The van der Waals surface area contributed by atoms with Crippen molar-refractivity contribution in [3.63, 3.8) is 0 Å². The Kier molecular flexibility index (Phi) is 4.33. The summed E-state index contributed by atoms with van der Waals surface area (Å²) in [6.07, 6.45) is 0. The number of hydrogen-bond donors (Lipinski definition) is 1. The number of rotatable bonds is 5. The van der Waals surface area contributed by atoms with Crippen molar-refractivity contribution in [1.29, 1.82) is 0 Å². The van der Waals surface area contributed by atoms with Gasteiger partial charge in [-0.1, -0.05) is 18.2 Å². The average Bonchev–Trinajstić information content (AvgIpc) is 2.67. The maximum Gasteiger partial charge on any atom is 0.0900 e. The Morgan fingerprint density at radius 3 is 2.72 bits per heavy atom. The number of nitrogens with zero attached hydrogens (tertiary/aromatic N) is 1. The molecule has 1 heterocycles. The minimum atomic E-state index is 0.629. The van der Waals surface area contributed by atoms with Crippen molar-refractivity contribution in [1.82, 2.24) is 4.98 Å². The maximum atomic E-state index is 5.20. The number of methoxy groups -OCH3 is 1. The minimum absolute atomic E-state index is 0.629. The molecule has 0 spiro atoms. The Morgan fingerprint density at radius 1 is 1.28 bits per heavy atom. The van der Waals surface area contributed by atoms with E-state index < -0.39 is 0 Å². The molecule has 0 saturated heterocycles. The number of thiazole rings is 1. The lowest BCUT2D eigenvalue weighted by atomic mass is 10.2. The lowest BCUT2D eigenvalue weighted by molar-refractivity contribution is 0.185. The van der Waals surface area contributed by atoms with Crippen LogP contribution in [0.4, 0.5) is 5.69 Å². The highest BCUT2D eigenvalue weighted by molar-refractivity contribution is 7.11. The molecule has 1 aromatic heterocycles. The van der Waals surface area contributed by atoms with Gasteiger partial charge in [-0.3, -0.25) is 0 Å². The Balaban J connectivity index is 2.08. The van der Waals surface area contributed by atoms with Crippen LogP contribution in [0.15, 0.2) is 24.3 Å². The van der Waals surface area contributed by atoms with Crippen LogP contribution in [0.5, 0.6) is 0 Å². The topological polar surface area (TPSA) is 34.1 Å². The fraction of sp³-hybridized carbons (Fsp3) is 0.357. The Hall–Kier alpha value is -1.39. The van der Waals surface area contributed by atoms with Crippen LogP contribution in [0.2, 0.25) is 0 Å². The number of nitrogens with one attached hydrogen (secondary N) is 1. The quantitative estimate of drug-likeness (QED) is 0.895. The highest BCUT2D eigenvalue weighted by Crippen LogP contribution is 2.21. The standard InChI is InChI=1S/C14H18N2OS/c1-10-14(18-11(2)16-10)8-15-13-7-5-4-6-12(13)9-17-3/h4-7,15H,8-9H2,1-3H3. The molecule has 0 saturated carbocycles. The van der Waals surface area contributed by atoms with E-state index in [0.717, 1.165) is 22.9 Å². The predicted octanol–water partition coefficient (Wildman–Crippen LogP) is 3.52. The molecule has 0 aliphatic carbocycles. The molecule has 0 aliphatic heterocycles. The molecule has 2 aromatic rings. The van der Waals surface area contributed by atoms with E-state index in [1.54, 1.807) is 18.4 Å². The monoisotopic (exact) mass is 262 g/mol. The van der Waals surface area contributed by atoms with Crippen molar-refractivity contribution in [2.75, 3.05) is 12.4 Å². The molecule has 18 heavy (non-hydrogen) atoms. The highest BCUT2D eigenvalue weighted by Gasteiger charge is 2.06. The fourth-order valence-electron chi connectivity index (χ4n) is 1.89. The molecular weight excluding hydrogens is 244 g/mol.